The largest absolute Gasteiger partial charge is 0.369 e. The van der Waals surface area contributed by atoms with E-state index in [1.54, 1.807) is 24.5 Å². The Hall–Kier alpha value is -6.17. The number of amides is 5. The molecule has 4 fully saturated rings. The molecule has 0 unspecified atom stereocenters. The number of carbonyl (C=O) groups is 5. The molecular weight excluding hydrogens is 864 g/mol. The molecule has 64 heavy (non-hydrogen) atoms. The lowest BCUT2D eigenvalue weighted by Crippen LogP contribution is -2.54. The van der Waals surface area contributed by atoms with Crippen molar-refractivity contribution in [2.75, 3.05) is 60.9 Å². The first kappa shape index (κ1) is 41.8. The van der Waals surface area contributed by atoms with Crippen molar-refractivity contribution in [2.45, 2.75) is 56.7 Å². The third kappa shape index (κ3) is 7.89. The lowest BCUT2D eigenvalue weighted by Gasteiger charge is -2.40. The second-order valence-electron chi connectivity index (χ2n) is 17.1. The van der Waals surface area contributed by atoms with Crippen LogP contribution >= 0.6 is 23.2 Å². The molecule has 5 aliphatic rings. The number of imide groups is 2. The Balaban J connectivity index is 0.689. The predicted octanol–water partition coefficient (Wildman–Crippen LogP) is 5.59. The second kappa shape index (κ2) is 17.1. The first-order valence-electron chi connectivity index (χ1n) is 21.6. The van der Waals surface area contributed by atoms with Gasteiger partial charge in [-0.1, -0.05) is 29.3 Å². The second-order valence-corrected chi connectivity index (χ2v) is 17.9. The van der Waals surface area contributed by atoms with Crippen molar-refractivity contribution in [2.24, 2.45) is 5.92 Å². The third-order valence-corrected chi connectivity index (χ3v) is 13.9. The van der Waals surface area contributed by atoms with Crippen LogP contribution in [0.25, 0.3) is 11.2 Å². The summed E-state index contributed by atoms with van der Waals surface area (Å²) in [5.41, 5.74) is 3.98. The number of rotatable bonds is 10. The minimum Gasteiger partial charge on any atom is -0.369 e. The number of nitrogens with zero attached hydrogens (tertiary/aromatic N) is 8. The molecule has 0 bridgehead atoms. The molecule has 2 aromatic heterocycles. The number of hydrogen-bond acceptors (Lipinski definition) is 12. The maximum Gasteiger partial charge on any atom is 0.262 e. The maximum absolute atomic E-state index is 15.5. The number of nitrogens with one attached hydrogen (secondary N) is 3. The summed E-state index contributed by atoms with van der Waals surface area (Å²) in [5.74, 6) is -2.32. The highest BCUT2D eigenvalue weighted by molar-refractivity contribution is 6.39. The summed E-state index contributed by atoms with van der Waals surface area (Å²) in [5, 5.41) is 9.27. The molecule has 3 aromatic carbocycles. The molecule has 3 saturated heterocycles. The fourth-order valence-corrected chi connectivity index (χ4v) is 10.2. The third-order valence-electron chi connectivity index (χ3n) is 13.2. The topological polar surface area (TPSA) is 178 Å². The van der Waals surface area contributed by atoms with Gasteiger partial charge in [-0.3, -0.25) is 39.1 Å². The monoisotopic (exact) mass is 907 g/mol. The summed E-state index contributed by atoms with van der Waals surface area (Å²) in [6, 6.07) is 14.8. The summed E-state index contributed by atoms with van der Waals surface area (Å²) in [4.78, 5) is 84.8. The standard InChI is InChI=1S/C45H44Cl2FN11O5/c46-32-2-1-3-33(47)38(32)43(62)53-27-18-29(19-27)58-24-51-39-40(49-23-50-41(39)58)52-26-4-6-28(7-5-26)56-16-14-55(15-17-56)22-25-10-12-57(13-11-25)36-21-31-30(20-34(36)48)44(63)59(45(31)64)35-8-9-37(60)54-42(35)61/h1-7,20-21,23-25,27,29,35H,8-19,22H2,(H,53,62)(H,49,50,52)(H,54,60,61)/t27?,29?,35-/m0/s1. The minimum atomic E-state index is -1.10. The number of imidazole rings is 1. The van der Waals surface area contributed by atoms with Gasteiger partial charge in [0.15, 0.2) is 17.0 Å². The zero-order valence-corrected chi connectivity index (χ0v) is 36.1. The Morgan fingerprint density at radius 1 is 0.828 bits per heavy atom. The molecule has 1 saturated carbocycles. The van der Waals surface area contributed by atoms with Crippen LogP contribution in [0.15, 0.2) is 67.3 Å². The minimum absolute atomic E-state index is 0.0186. The van der Waals surface area contributed by atoms with Gasteiger partial charge in [0.1, 0.15) is 18.2 Å². The van der Waals surface area contributed by atoms with Crippen LogP contribution in [0.5, 0.6) is 0 Å². The van der Waals surface area contributed by atoms with Gasteiger partial charge >= 0.3 is 0 Å². The van der Waals surface area contributed by atoms with E-state index in [1.807, 2.05) is 21.6 Å². The van der Waals surface area contributed by atoms with Crippen LogP contribution in [-0.4, -0.2) is 117 Å². The molecule has 16 nitrogen and oxygen atoms in total. The fraction of sp³-hybridized carbons (Fsp3) is 0.378. The average molecular weight is 909 g/mol. The highest BCUT2D eigenvalue weighted by atomic mass is 35.5. The highest BCUT2D eigenvalue weighted by Crippen LogP contribution is 2.37. The van der Waals surface area contributed by atoms with Gasteiger partial charge in [0.2, 0.25) is 11.8 Å². The van der Waals surface area contributed by atoms with E-state index in [2.05, 4.69) is 52.8 Å². The van der Waals surface area contributed by atoms with E-state index >= 15 is 4.39 Å². The SMILES string of the molecule is O=C1CC[C@H](N2C(=O)c3cc(F)c(N4CCC(CN5CCN(c6ccc(Nc7ncnc8c7ncn8C7CC(NC(=O)c8c(Cl)cccc8Cl)C7)cc6)CC5)CC4)cc3C2=O)C(=O)N1. The van der Waals surface area contributed by atoms with Crippen molar-refractivity contribution < 1.29 is 28.4 Å². The summed E-state index contributed by atoms with van der Waals surface area (Å²) in [6.45, 7) is 5.80. The molecule has 330 valence electrons. The van der Waals surface area contributed by atoms with Gasteiger partial charge in [-0.2, -0.15) is 0 Å². The molecule has 1 atom stereocenters. The number of hydrogen-bond donors (Lipinski definition) is 3. The smallest absolute Gasteiger partial charge is 0.262 e. The Morgan fingerprint density at radius 2 is 1.53 bits per heavy atom. The van der Waals surface area contributed by atoms with E-state index in [1.165, 1.54) is 12.4 Å². The van der Waals surface area contributed by atoms with Crippen molar-refractivity contribution in [3.63, 3.8) is 0 Å². The number of aromatic nitrogens is 4. The Labute approximate surface area is 377 Å². The van der Waals surface area contributed by atoms with Gasteiger partial charge in [0, 0.05) is 75.7 Å². The van der Waals surface area contributed by atoms with Crippen molar-refractivity contribution in [1.82, 2.24) is 40.0 Å². The predicted molar refractivity (Wildman–Crippen MR) is 238 cm³/mol. The van der Waals surface area contributed by atoms with Gasteiger partial charge in [-0.25, -0.2) is 19.3 Å². The van der Waals surface area contributed by atoms with Crippen molar-refractivity contribution in [3.8, 4) is 0 Å². The molecule has 0 spiro atoms. The highest BCUT2D eigenvalue weighted by Gasteiger charge is 2.45. The first-order valence-corrected chi connectivity index (χ1v) is 22.3. The molecule has 5 amide bonds. The Morgan fingerprint density at radius 3 is 2.23 bits per heavy atom. The van der Waals surface area contributed by atoms with Crippen LogP contribution in [0.2, 0.25) is 10.0 Å². The van der Waals surface area contributed by atoms with Gasteiger partial charge < -0.3 is 25.0 Å². The number of fused-ring (bicyclic) bond motifs is 2. The van der Waals surface area contributed by atoms with Crippen molar-refractivity contribution >= 4 is 86.8 Å². The summed E-state index contributed by atoms with van der Waals surface area (Å²) >= 11 is 12.5. The zero-order chi connectivity index (χ0) is 44.2. The number of piperazine rings is 1. The molecular formula is C45H44Cl2FN11O5. The number of halogens is 3. The molecule has 19 heteroatoms. The fourth-order valence-electron chi connectivity index (χ4n) is 9.64. The van der Waals surface area contributed by atoms with E-state index in [0.717, 1.165) is 67.9 Å². The molecule has 10 rings (SSSR count). The summed E-state index contributed by atoms with van der Waals surface area (Å²) in [7, 11) is 0. The van der Waals surface area contributed by atoms with E-state index in [0.29, 0.717) is 58.9 Å². The van der Waals surface area contributed by atoms with Crippen LogP contribution in [0.1, 0.15) is 75.6 Å². The van der Waals surface area contributed by atoms with Crippen LogP contribution in [-0.2, 0) is 9.59 Å². The van der Waals surface area contributed by atoms with Crippen molar-refractivity contribution in [3.05, 3.63) is 99.8 Å². The number of piperidine rings is 2. The Bertz CT molecular complexity index is 2670. The number of benzene rings is 3. The van der Waals surface area contributed by atoms with E-state index in [-0.39, 0.29) is 53.2 Å². The number of anilines is 4. The summed E-state index contributed by atoms with van der Waals surface area (Å²) < 4.78 is 17.5. The first-order chi connectivity index (χ1) is 31.0. The van der Waals surface area contributed by atoms with Gasteiger partial charge in [0.05, 0.1) is 38.8 Å². The number of carbonyl (C=O) groups excluding carboxylic acids is 5. The van der Waals surface area contributed by atoms with Crippen molar-refractivity contribution in [1.29, 1.82) is 0 Å². The summed E-state index contributed by atoms with van der Waals surface area (Å²) in [6.07, 6.45) is 6.52. The molecule has 3 N–H and O–H groups in total. The van der Waals surface area contributed by atoms with Gasteiger partial charge in [-0.15, -0.1) is 0 Å². The van der Waals surface area contributed by atoms with Crippen LogP contribution in [0, 0.1) is 11.7 Å². The normalized spacial score (nSPS) is 21.9. The van der Waals surface area contributed by atoms with Crippen LogP contribution in [0.3, 0.4) is 0 Å². The zero-order valence-electron chi connectivity index (χ0n) is 34.6. The van der Waals surface area contributed by atoms with Gasteiger partial charge in [-0.05, 0) is 86.6 Å². The quantitative estimate of drug-likeness (QED) is 0.148. The molecule has 6 heterocycles. The lowest BCUT2D eigenvalue weighted by molar-refractivity contribution is -0.136. The molecule has 4 aliphatic heterocycles. The van der Waals surface area contributed by atoms with E-state index in [4.69, 9.17) is 23.2 Å². The van der Waals surface area contributed by atoms with E-state index in [9.17, 15) is 24.0 Å². The van der Waals surface area contributed by atoms with Gasteiger partial charge in [0.25, 0.3) is 17.7 Å². The maximum atomic E-state index is 15.5. The molecule has 5 aromatic rings. The van der Waals surface area contributed by atoms with Crippen LogP contribution < -0.4 is 25.8 Å². The molecule has 0 radical (unpaired) electrons. The lowest BCUT2D eigenvalue weighted by atomic mass is 9.86. The van der Waals surface area contributed by atoms with E-state index < -0.39 is 35.5 Å². The Kier molecular flexibility index (Phi) is 11.2. The van der Waals surface area contributed by atoms with Crippen LogP contribution in [0.4, 0.5) is 27.3 Å². The molecule has 1 aliphatic carbocycles. The average Bonchev–Trinajstić information content (AvgIpc) is 3.80.